The molecule has 1 N–H and O–H groups in total. The smallest absolute Gasteiger partial charge is 0.246 e. The van der Waals surface area contributed by atoms with Gasteiger partial charge in [-0.3, -0.25) is 0 Å². The maximum Gasteiger partial charge on any atom is 0.246 e. The van der Waals surface area contributed by atoms with Gasteiger partial charge in [-0.2, -0.15) is 9.29 Å². The Hall–Kier alpha value is -3.24. The van der Waals surface area contributed by atoms with Crippen LogP contribution in [0.4, 0.5) is 21.8 Å². The van der Waals surface area contributed by atoms with Crippen LogP contribution in [-0.4, -0.2) is 56.0 Å². The number of benzene rings is 2. The number of rotatable bonds is 6. The monoisotopic (exact) mass is 457 g/mol. The van der Waals surface area contributed by atoms with Gasteiger partial charge in [-0.25, -0.2) is 17.8 Å². The maximum atomic E-state index is 14.0. The molecule has 0 spiro atoms. The summed E-state index contributed by atoms with van der Waals surface area (Å²) in [6.45, 7) is 3.12. The van der Waals surface area contributed by atoms with E-state index in [2.05, 4.69) is 15.3 Å². The Morgan fingerprint density at radius 3 is 2.34 bits per heavy atom. The molecular formula is C22H24FN5O3S. The fourth-order valence-electron chi connectivity index (χ4n) is 3.50. The standard InChI is InChI=1S/C22H24FN5O3S/c1-16-15-21(25-17-7-9-18(31-2)10-8-17)26-22(24-16)27-11-13-28(14-12-27)32(29,30)20-6-4-3-5-19(20)23/h3-10,15H,11-14H2,1-2H3,(H,24,25,26). The van der Waals surface area contributed by atoms with E-state index < -0.39 is 15.8 Å². The summed E-state index contributed by atoms with van der Waals surface area (Å²) in [5, 5.41) is 3.25. The van der Waals surface area contributed by atoms with Gasteiger partial charge in [0.2, 0.25) is 16.0 Å². The van der Waals surface area contributed by atoms with E-state index in [0.717, 1.165) is 23.2 Å². The predicted octanol–water partition coefficient (Wildman–Crippen LogP) is 3.19. The first-order chi connectivity index (χ1) is 15.4. The Morgan fingerprint density at radius 2 is 1.69 bits per heavy atom. The van der Waals surface area contributed by atoms with Crippen LogP contribution in [0.1, 0.15) is 5.69 Å². The van der Waals surface area contributed by atoms with Gasteiger partial charge in [0.15, 0.2) is 0 Å². The molecule has 1 fully saturated rings. The van der Waals surface area contributed by atoms with E-state index >= 15 is 0 Å². The lowest BCUT2D eigenvalue weighted by molar-refractivity contribution is 0.380. The Balaban J connectivity index is 1.47. The molecule has 2 aromatic carbocycles. The van der Waals surface area contributed by atoms with Crippen molar-refractivity contribution in [3.8, 4) is 5.75 Å². The highest BCUT2D eigenvalue weighted by molar-refractivity contribution is 7.89. The molecule has 0 unspecified atom stereocenters. The van der Waals surface area contributed by atoms with Crippen molar-refractivity contribution in [1.82, 2.24) is 14.3 Å². The molecule has 2 heterocycles. The fraction of sp³-hybridized carbons (Fsp3) is 0.273. The van der Waals surface area contributed by atoms with Crippen molar-refractivity contribution in [2.75, 3.05) is 43.5 Å². The van der Waals surface area contributed by atoms with Gasteiger partial charge < -0.3 is 15.0 Å². The highest BCUT2D eigenvalue weighted by Gasteiger charge is 2.31. The molecule has 32 heavy (non-hydrogen) atoms. The number of anilines is 3. The number of nitrogens with one attached hydrogen (secondary N) is 1. The van der Waals surface area contributed by atoms with Crippen molar-refractivity contribution in [3.05, 3.63) is 66.1 Å². The fourth-order valence-corrected chi connectivity index (χ4v) is 4.99. The van der Waals surface area contributed by atoms with Gasteiger partial charge in [-0.1, -0.05) is 12.1 Å². The van der Waals surface area contributed by atoms with Crippen molar-refractivity contribution < 1.29 is 17.5 Å². The number of ether oxygens (including phenoxy) is 1. The van der Waals surface area contributed by atoms with Gasteiger partial charge in [-0.05, 0) is 43.3 Å². The van der Waals surface area contributed by atoms with Crippen molar-refractivity contribution >= 4 is 27.5 Å². The summed E-state index contributed by atoms with van der Waals surface area (Å²) in [7, 11) is -2.28. The van der Waals surface area contributed by atoms with Gasteiger partial charge in [0.25, 0.3) is 0 Å². The lowest BCUT2D eigenvalue weighted by Gasteiger charge is -2.34. The molecule has 10 heteroatoms. The number of piperazine rings is 1. The highest BCUT2D eigenvalue weighted by Crippen LogP contribution is 2.24. The summed E-state index contributed by atoms with van der Waals surface area (Å²) < 4.78 is 46.2. The number of methoxy groups -OCH3 is 1. The van der Waals surface area contributed by atoms with Gasteiger partial charge in [-0.15, -0.1) is 0 Å². The van der Waals surface area contributed by atoms with Crippen LogP contribution in [0.15, 0.2) is 59.5 Å². The summed E-state index contributed by atoms with van der Waals surface area (Å²) in [5.41, 5.74) is 1.64. The summed E-state index contributed by atoms with van der Waals surface area (Å²) in [4.78, 5) is 10.7. The van der Waals surface area contributed by atoms with Crippen LogP contribution in [0, 0.1) is 12.7 Å². The average Bonchev–Trinajstić information content (AvgIpc) is 2.79. The van der Waals surface area contributed by atoms with Crippen LogP contribution in [0.25, 0.3) is 0 Å². The molecule has 4 rings (SSSR count). The Kier molecular flexibility index (Phi) is 6.24. The number of sulfonamides is 1. The van der Waals surface area contributed by atoms with Crippen molar-refractivity contribution in [2.45, 2.75) is 11.8 Å². The third-order valence-electron chi connectivity index (χ3n) is 5.18. The zero-order valence-corrected chi connectivity index (χ0v) is 18.6. The molecule has 0 atom stereocenters. The molecule has 1 aliphatic heterocycles. The van der Waals surface area contributed by atoms with Crippen LogP contribution in [0.3, 0.4) is 0 Å². The molecule has 3 aromatic rings. The largest absolute Gasteiger partial charge is 0.497 e. The van der Waals surface area contributed by atoms with Gasteiger partial charge in [0, 0.05) is 43.6 Å². The quantitative estimate of drug-likeness (QED) is 0.608. The van der Waals surface area contributed by atoms with Crippen LogP contribution in [0.2, 0.25) is 0 Å². The summed E-state index contributed by atoms with van der Waals surface area (Å²) in [6, 6.07) is 14.8. The lowest BCUT2D eigenvalue weighted by atomic mass is 10.3. The number of aromatic nitrogens is 2. The topological polar surface area (TPSA) is 87.7 Å². The van der Waals surface area contributed by atoms with Crippen LogP contribution >= 0.6 is 0 Å². The molecule has 1 aliphatic rings. The minimum Gasteiger partial charge on any atom is -0.497 e. The SMILES string of the molecule is COc1ccc(Nc2cc(C)nc(N3CCN(S(=O)(=O)c4ccccc4F)CC3)n2)cc1. The number of hydrogen-bond acceptors (Lipinski definition) is 7. The van der Waals surface area contributed by atoms with E-state index in [4.69, 9.17) is 4.74 Å². The van der Waals surface area contributed by atoms with E-state index in [1.165, 1.54) is 22.5 Å². The first kappa shape index (κ1) is 22.0. The third-order valence-corrected chi connectivity index (χ3v) is 7.11. The molecule has 8 nitrogen and oxygen atoms in total. The van der Waals surface area contributed by atoms with E-state index in [-0.39, 0.29) is 18.0 Å². The van der Waals surface area contributed by atoms with Crippen LogP contribution in [-0.2, 0) is 10.0 Å². The third kappa shape index (κ3) is 4.66. The second kappa shape index (κ2) is 9.09. The first-order valence-corrected chi connectivity index (χ1v) is 11.6. The van der Waals surface area contributed by atoms with E-state index in [1.807, 2.05) is 42.2 Å². The molecule has 0 aliphatic carbocycles. The molecule has 0 radical (unpaired) electrons. The number of halogens is 1. The zero-order valence-electron chi connectivity index (χ0n) is 17.8. The highest BCUT2D eigenvalue weighted by atomic mass is 32.2. The minimum atomic E-state index is -3.89. The van der Waals surface area contributed by atoms with E-state index in [9.17, 15) is 12.8 Å². The number of nitrogens with zero attached hydrogens (tertiary/aromatic N) is 4. The summed E-state index contributed by atoms with van der Waals surface area (Å²) in [5.74, 6) is 1.17. The van der Waals surface area contributed by atoms with Crippen LogP contribution in [0.5, 0.6) is 5.75 Å². The van der Waals surface area contributed by atoms with E-state index in [0.29, 0.717) is 24.9 Å². The predicted molar refractivity (Wildman–Crippen MR) is 120 cm³/mol. The minimum absolute atomic E-state index is 0.217. The first-order valence-electron chi connectivity index (χ1n) is 10.1. The molecule has 168 valence electrons. The zero-order chi connectivity index (χ0) is 22.7. The summed E-state index contributed by atoms with van der Waals surface area (Å²) >= 11 is 0. The average molecular weight is 458 g/mol. The molecule has 1 aromatic heterocycles. The van der Waals surface area contributed by atoms with Crippen molar-refractivity contribution in [2.24, 2.45) is 0 Å². The number of aryl methyl sites for hydroxylation is 1. The Morgan fingerprint density at radius 1 is 1.00 bits per heavy atom. The number of hydrogen-bond donors (Lipinski definition) is 1. The van der Waals surface area contributed by atoms with Gasteiger partial charge in [0.1, 0.15) is 22.3 Å². The van der Waals surface area contributed by atoms with Gasteiger partial charge >= 0.3 is 0 Å². The van der Waals surface area contributed by atoms with Crippen LogP contribution < -0.4 is 15.0 Å². The normalized spacial score (nSPS) is 14.9. The molecular weight excluding hydrogens is 433 g/mol. The molecule has 0 amide bonds. The second-order valence-corrected chi connectivity index (χ2v) is 9.28. The van der Waals surface area contributed by atoms with Crippen molar-refractivity contribution in [3.63, 3.8) is 0 Å². The van der Waals surface area contributed by atoms with E-state index in [1.54, 1.807) is 7.11 Å². The molecule has 0 saturated carbocycles. The lowest BCUT2D eigenvalue weighted by Crippen LogP contribution is -2.49. The Labute approximate surface area is 186 Å². The summed E-state index contributed by atoms with van der Waals surface area (Å²) in [6.07, 6.45) is 0. The molecule has 1 saturated heterocycles. The molecule has 0 bridgehead atoms. The maximum absolute atomic E-state index is 14.0. The Bertz CT molecular complexity index is 1200. The van der Waals surface area contributed by atoms with Crippen molar-refractivity contribution in [1.29, 1.82) is 0 Å². The second-order valence-electron chi connectivity index (χ2n) is 7.37. The van der Waals surface area contributed by atoms with Gasteiger partial charge in [0.05, 0.1) is 7.11 Å².